The van der Waals surface area contributed by atoms with Crippen LogP contribution in [0.1, 0.15) is 32.3 Å². The molecule has 0 radical (unpaired) electrons. The minimum Gasteiger partial charge on any atom is -0.311 e. The maximum absolute atomic E-state index is 4.57. The summed E-state index contributed by atoms with van der Waals surface area (Å²) in [6.07, 6.45) is 4.47. The number of para-hydroxylation sites is 1. The van der Waals surface area contributed by atoms with E-state index in [0.717, 1.165) is 18.6 Å². The number of hydrogen-bond acceptors (Lipinski definition) is 3. The molecule has 1 unspecified atom stereocenters. The molecule has 0 saturated carbocycles. The fourth-order valence-electron chi connectivity index (χ4n) is 3.34. The Morgan fingerprint density at radius 2 is 2.14 bits per heavy atom. The van der Waals surface area contributed by atoms with E-state index >= 15 is 0 Å². The zero-order chi connectivity index (χ0) is 14.7. The molecule has 1 saturated heterocycles. The molecule has 0 spiro atoms. The normalized spacial score (nSPS) is 20.2. The van der Waals surface area contributed by atoms with E-state index in [9.17, 15) is 0 Å². The molecular formula is C18H25N3. The average Bonchev–Trinajstić information content (AvgIpc) is 2.47. The van der Waals surface area contributed by atoms with Gasteiger partial charge in [0.05, 0.1) is 5.52 Å². The first kappa shape index (κ1) is 14.5. The molecule has 21 heavy (non-hydrogen) atoms. The summed E-state index contributed by atoms with van der Waals surface area (Å²) in [4.78, 5) is 7.13. The van der Waals surface area contributed by atoms with Gasteiger partial charge in [0.15, 0.2) is 0 Å². The molecule has 3 rings (SSSR count). The van der Waals surface area contributed by atoms with Crippen molar-refractivity contribution in [2.24, 2.45) is 0 Å². The van der Waals surface area contributed by atoms with Crippen molar-refractivity contribution in [3.63, 3.8) is 0 Å². The Balaban J connectivity index is 1.73. The molecule has 1 atom stereocenters. The van der Waals surface area contributed by atoms with Crippen molar-refractivity contribution in [3.05, 3.63) is 42.1 Å². The van der Waals surface area contributed by atoms with Gasteiger partial charge < -0.3 is 5.32 Å². The maximum Gasteiger partial charge on any atom is 0.0746 e. The predicted molar refractivity (Wildman–Crippen MR) is 88.3 cm³/mol. The highest BCUT2D eigenvalue weighted by atomic mass is 15.2. The van der Waals surface area contributed by atoms with Gasteiger partial charge in [-0.25, -0.2) is 0 Å². The molecule has 0 aliphatic carbocycles. The van der Waals surface area contributed by atoms with Crippen LogP contribution in [-0.2, 0) is 6.54 Å². The first-order valence-electron chi connectivity index (χ1n) is 8.03. The summed E-state index contributed by atoms with van der Waals surface area (Å²) in [5.41, 5.74) is 2.50. The van der Waals surface area contributed by atoms with E-state index in [4.69, 9.17) is 0 Å². The summed E-state index contributed by atoms with van der Waals surface area (Å²) in [5.74, 6) is 0. The van der Waals surface area contributed by atoms with Gasteiger partial charge >= 0.3 is 0 Å². The Kier molecular flexibility index (Phi) is 4.51. The zero-order valence-corrected chi connectivity index (χ0v) is 13.0. The fraction of sp³-hybridized carbons (Fsp3) is 0.500. The molecule has 3 nitrogen and oxygen atoms in total. The van der Waals surface area contributed by atoms with Crippen LogP contribution in [-0.4, -0.2) is 35.1 Å². The summed E-state index contributed by atoms with van der Waals surface area (Å²) in [6, 6.07) is 11.9. The first-order chi connectivity index (χ1) is 10.2. The van der Waals surface area contributed by atoms with E-state index in [1.165, 1.54) is 30.3 Å². The van der Waals surface area contributed by atoms with E-state index in [-0.39, 0.29) is 0 Å². The molecule has 2 heterocycles. The molecular weight excluding hydrogens is 258 g/mol. The molecule has 112 valence electrons. The Bertz CT molecular complexity index is 589. The van der Waals surface area contributed by atoms with Gasteiger partial charge in [-0.1, -0.05) is 38.1 Å². The fourth-order valence-corrected chi connectivity index (χ4v) is 3.34. The Hall–Kier alpha value is -1.45. The number of hydrogen-bond donors (Lipinski definition) is 1. The second kappa shape index (κ2) is 6.54. The molecule has 1 aliphatic rings. The second-order valence-electron chi connectivity index (χ2n) is 6.39. The molecule has 0 bridgehead atoms. The maximum atomic E-state index is 4.57. The number of benzene rings is 1. The van der Waals surface area contributed by atoms with Crippen molar-refractivity contribution in [3.8, 4) is 0 Å². The van der Waals surface area contributed by atoms with Gasteiger partial charge in [-0.2, -0.15) is 0 Å². The highest BCUT2D eigenvalue weighted by Crippen LogP contribution is 2.20. The third kappa shape index (κ3) is 3.60. The van der Waals surface area contributed by atoms with Crippen LogP contribution in [0.25, 0.3) is 10.9 Å². The van der Waals surface area contributed by atoms with Crippen molar-refractivity contribution >= 4 is 10.9 Å². The quantitative estimate of drug-likeness (QED) is 0.934. The first-order valence-corrected chi connectivity index (χ1v) is 8.03. The predicted octanol–water partition coefficient (Wildman–Crippen LogP) is 3.20. The molecule has 1 aliphatic heterocycles. The number of nitrogens with zero attached hydrogens (tertiary/aromatic N) is 2. The molecule has 0 amide bonds. The van der Waals surface area contributed by atoms with Crippen LogP contribution >= 0.6 is 0 Å². The highest BCUT2D eigenvalue weighted by Gasteiger charge is 2.20. The summed E-state index contributed by atoms with van der Waals surface area (Å²) in [6.45, 7) is 7.80. The van der Waals surface area contributed by atoms with E-state index in [1.807, 2.05) is 12.3 Å². The number of pyridine rings is 1. The van der Waals surface area contributed by atoms with E-state index in [0.29, 0.717) is 12.1 Å². The summed E-state index contributed by atoms with van der Waals surface area (Å²) < 4.78 is 0. The van der Waals surface area contributed by atoms with Crippen LogP contribution in [0.2, 0.25) is 0 Å². The van der Waals surface area contributed by atoms with Gasteiger partial charge in [-0.05, 0) is 31.0 Å². The summed E-state index contributed by atoms with van der Waals surface area (Å²) >= 11 is 0. The molecule has 3 heteroatoms. The SMILES string of the molecule is CC(C)NC1CCCN(Cc2cccc3cccnc23)C1. The van der Waals surface area contributed by atoms with Crippen LogP contribution in [0.5, 0.6) is 0 Å². The largest absolute Gasteiger partial charge is 0.311 e. The number of aromatic nitrogens is 1. The van der Waals surface area contributed by atoms with Crippen molar-refractivity contribution in [1.82, 2.24) is 15.2 Å². The van der Waals surface area contributed by atoms with Gasteiger partial charge in [0.1, 0.15) is 0 Å². The van der Waals surface area contributed by atoms with E-state index in [2.05, 4.69) is 53.3 Å². The number of fused-ring (bicyclic) bond motifs is 1. The Morgan fingerprint density at radius 1 is 1.29 bits per heavy atom. The minimum atomic E-state index is 0.564. The Labute approximate surface area is 127 Å². The van der Waals surface area contributed by atoms with Gasteiger partial charge in [-0.15, -0.1) is 0 Å². The third-order valence-corrected chi connectivity index (χ3v) is 4.18. The standard InChI is InChI=1S/C18H25N3/c1-14(2)20-17-9-5-11-21(13-17)12-16-7-3-6-15-8-4-10-19-18(15)16/h3-4,6-8,10,14,17,20H,5,9,11-13H2,1-2H3. The smallest absolute Gasteiger partial charge is 0.0746 e. The lowest BCUT2D eigenvalue weighted by molar-refractivity contribution is 0.179. The summed E-state index contributed by atoms with van der Waals surface area (Å²) in [5, 5.41) is 4.92. The third-order valence-electron chi connectivity index (χ3n) is 4.18. The van der Waals surface area contributed by atoms with Crippen molar-refractivity contribution in [2.75, 3.05) is 13.1 Å². The van der Waals surface area contributed by atoms with Crippen LogP contribution in [0, 0.1) is 0 Å². The minimum absolute atomic E-state index is 0.564. The number of likely N-dealkylation sites (tertiary alicyclic amines) is 1. The highest BCUT2D eigenvalue weighted by molar-refractivity contribution is 5.81. The van der Waals surface area contributed by atoms with Crippen molar-refractivity contribution in [1.29, 1.82) is 0 Å². The zero-order valence-electron chi connectivity index (χ0n) is 13.0. The average molecular weight is 283 g/mol. The monoisotopic (exact) mass is 283 g/mol. The molecule has 1 fully saturated rings. The van der Waals surface area contributed by atoms with Gasteiger partial charge in [-0.3, -0.25) is 9.88 Å². The number of nitrogens with one attached hydrogen (secondary N) is 1. The lowest BCUT2D eigenvalue weighted by atomic mass is 10.0. The van der Waals surface area contributed by atoms with Gasteiger partial charge in [0.25, 0.3) is 0 Å². The van der Waals surface area contributed by atoms with Crippen LogP contribution in [0.4, 0.5) is 0 Å². The number of piperidine rings is 1. The Morgan fingerprint density at radius 3 is 3.00 bits per heavy atom. The van der Waals surface area contributed by atoms with E-state index < -0.39 is 0 Å². The molecule has 2 aromatic rings. The van der Waals surface area contributed by atoms with Crippen LogP contribution in [0.15, 0.2) is 36.5 Å². The van der Waals surface area contributed by atoms with E-state index in [1.54, 1.807) is 0 Å². The molecule has 1 N–H and O–H groups in total. The van der Waals surface area contributed by atoms with Crippen LogP contribution < -0.4 is 5.32 Å². The summed E-state index contributed by atoms with van der Waals surface area (Å²) in [7, 11) is 0. The second-order valence-corrected chi connectivity index (χ2v) is 6.39. The lowest BCUT2D eigenvalue weighted by Gasteiger charge is -2.34. The topological polar surface area (TPSA) is 28.2 Å². The molecule has 1 aromatic heterocycles. The van der Waals surface area contributed by atoms with Crippen molar-refractivity contribution < 1.29 is 0 Å². The van der Waals surface area contributed by atoms with Crippen molar-refractivity contribution in [2.45, 2.75) is 45.3 Å². The van der Waals surface area contributed by atoms with Gasteiger partial charge in [0.2, 0.25) is 0 Å². The lowest BCUT2D eigenvalue weighted by Crippen LogP contribution is -2.47. The van der Waals surface area contributed by atoms with Crippen LogP contribution in [0.3, 0.4) is 0 Å². The van der Waals surface area contributed by atoms with Gasteiger partial charge in [0, 0.05) is 36.8 Å². The number of rotatable bonds is 4. The molecule has 1 aromatic carbocycles.